The molecule has 0 aliphatic carbocycles. The van der Waals surface area contributed by atoms with Crippen molar-refractivity contribution >= 4 is 17.0 Å². The number of fused-ring (bicyclic) bond motifs is 1. The van der Waals surface area contributed by atoms with Crippen molar-refractivity contribution in [1.82, 2.24) is 24.8 Å². The van der Waals surface area contributed by atoms with E-state index >= 15 is 0 Å². The lowest BCUT2D eigenvalue weighted by atomic mass is 9.91. The van der Waals surface area contributed by atoms with Crippen LogP contribution in [-0.2, 0) is 13.0 Å². The van der Waals surface area contributed by atoms with Crippen molar-refractivity contribution in [1.29, 1.82) is 0 Å². The van der Waals surface area contributed by atoms with E-state index in [1.165, 1.54) is 18.4 Å². The number of imidazole rings is 1. The summed E-state index contributed by atoms with van der Waals surface area (Å²) in [6.07, 6.45) is 7.69. The van der Waals surface area contributed by atoms with E-state index < -0.39 is 0 Å². The molecule has 0 amide bonds. The molecule has 7 heteroatoms. The average Bonchev–Trinajstić information content (AvgIpc) is 3.48. The van der Waals surface area contributed by atoms with Gasteiger partial charge in [0.05, 0.1) is 23.8 Å². The molecule has 188 valence electrons. The number of benzene rings is 2. The van der Waals surface area contributed by atoms with Crippen LogP contribution in [0.3, 0.4) is 0 Å². The van der Waals surface area contributed by atoms with E-state index in [0.29, 0.717) is 30.6 Å². The molecule has 0 radical (unpaired) electrons. The molecule has 4 aromatic rings. The standard InChI is InChI=1S/C29H36N6O/c1-21-31-19-26(36-21)20-35-28-10-6-5-9-27(28)33-29(35)32-23-12-15-34(16-13-23)25-11-14-30-24(18-25)17-22-7-3-2-4-8-22/h2-10,19,23-25,30H,11-18,20H2,1H3,(H,32,33)/t24-,25+/m1/s1. The summed E-state index contributed by atoms with van der Waals surface area (Å²) >= 11 is 0. The molecule has 2 atom stereocenters. The maximum atomic E-state index is 5.78. The molecule has 0 saturated carbocycles. The second kappa shape index (κ2) is 10.4. The van der Waals surface area contributed by atoms with Gasteiger partial charge in [0.2, 0.25) is 5.95 Å². The van der Waals surface area contributed by atoms with Gasteiger partial charge in [-0.3, -0.25) is 0 Å². The monoisotopic (exact) mass is 484 g/mol. The summed E-state index contributed by atoms with van der Waals surface area (Å²) in [6.45, 7) is 5.91. The summed E-state index contributed by atoms with van der Waals surface area (Å²) < 4.78 is 8.00. The summed E-state index contributed by atoms with van der Waals surface area (Å²) in [5.41, 5.74) is 3.56. The molecule has 2 aromatic carbocycles. The Bertz CT molecular complexity index is 1270. The summed E-state index contributed by atoms with van der Waals surface area (Å²) in [7, 11) is 0. The lowest BCUT2D eigenvalue weighted by molar-refractivity contribution is 0.116. The van der Waals surface area contributed by atoms with Crippen LogP contribution in [0.2, 0.25) is 0 Å². The summed E-state index contributed by atoms with van der Waals surface area (Å²) in [4.78, 5) is 11.9. The van der Waals surface area contributed by atoms with Crippen LogP contribution in [-0.4, -0.2) is 57.2 Å². The van der Waals surface area contributed by atoms with Crippen molar-refractivity contribution in [2.24, 2.45) is 0 Å². The predicted octanol–water partition coefficient (Wildman–Crippen LogP) is 4.62. The van der Waals surface area contributed by atoms with E-state index in [1.54, 1.807) is 0 Å². The number of oxazole rings is 1. The number of nitrogens with zero attached hydrogens (tertiary/aromatic N) is 4. The van der Waals surface area contributed by atoms with Crippen LogP contribution in [0.4, 0.5) is 5.95 Å². The number of anilines is 1. The van der Waals surface area contributed by atoms with Crippen LogP contribution in [0.15, 0.2) is 65.2 Å². The fourth-order valence-electron chi connectivity index (χ4n) is 5.94. The number of likely N-dealkylation sites (tertiary alicyclic amines) is 1. The van der Waals surface area contributed by atoms with Gasteiger partial charge in [0, 0.05) is 38.1 Å². The highest BCUT2D eigenvalue weighted by Gasteiger charge is 2.30. The first-order valence-corrected chi connectivity index (χ1v) is 13.4. The largest absolute Gasteiger partial charge is 0.444 e. The Balaban J connectivity index is 1.08. The van der Waals surface area contributed by atoms with E-state index in [-0.39, 0.29) is 0 Å². The Morgan fingerprint density at radius 3 is 2.64 bits per heavy atom. The van der Waals surface area contributed by atoms with Crippen molar-refractivity contribution in [3.8, 4) is 0 Å². The molecule has 2 aromatic heterocycles. The van der Waals surface area contributed by atoms with Crippen molar-refractivity contribution in [3.05, 3.63) is 78.0 Å². The van der Waals surface area contributed by atoms with Gasteiger partial charge in [0.1, 0.15) is 5.76 Å². The van der Waals surface area contributed by atoms with Crippen molar-refractivity contribution in [2.75, 3.05) is 25.0 Å². The third-order valence-electron chi connectivity index (χ3n) is 7.81. The first-order chi connectivity index (χ1) is 17.7. The molecule has 7 nitrogen and oxygen atoms in total. The molecule has 4 heterocycles. The molecule has 0 unspecified atom stereocenters. The minimum atomic E-state index is 0.426. The third kappa shape index (κ3) is 5.18. The lowest BCUT2D eigenvalue weighted by Crippen LogP contribution is -2.51. The van der Waals surface area contributed by atoms with Crippen LogP contribution in [0.5, 0.6) is 0 Å². The van der Waals surface area contributed by atoms with E-state index in [2.05, 4.69) is 73.6 Å². The fourth-order valence-corrected chi connectivity index (χ4v) is 5.94. The molecule has 2 N–H and O–H groups in total. The van der Waals surface area contributed by atoms with Gasteiger partial charge in [-0.05, 0) is 56.3 Å². The lowest BCUT2D eigenvalue weighted by Gasteiger charge is -2.42. The number of hydrogen-bond acceptors (Lipinski definition) is 6. The van der Waals surface area contributed by atoms with E-state index in [9.17, 15) is 0 Å². The Morgan fingerprint density at radius 2 is 1.83 bits per heavy atom. The number of nitrogens with one attached hydrogen (secondary N) is 2. The Kier molecular flexibility index (Phi) is 6.75. The molecule has 2 fully saturated rings. The SMILES string of the molecule is Cc1ncc(Cn2c(NC3CCN([C@H]4CCN[C@H](Cc5ccccc5)C4)CC3)nc3ccccc32)o1. The van der Waals surface area contributed by atoms with Gasteiger partial charge in [0.25, 0.3) is 0 Å². The van der Waals surface area contributed by atoms with E-state index in [0.717, 1.165) is 61.6 Å². The Labute approximate surface area is 212 Å². The normalized spacial score (nSPS) is 21.7. The number of para-hydroxylation sites is 2. The molecular formula is C29H36N6O. The highest BCUT2D eigenvalue weighted by Crippen LogP contribution is 2.26. The van der Waals surface area contributed by atoms with E-state index in [4.69, 9.17) is 9.40 Å². The second-order valence-electron chi connectivity index (χ2n) is 10.3. The molecule has 2 aliphatic heterocycles. The van der Waals surface area contributed by atoms with Gasteiger partial charge in [-0.15, -0.1) is 0 Å². The van der Waals surface area contributed by atoms with Crippen LogP contribution >= 0.6 is 0 Å². The van der Waals surface area contributed by atoms with E-state index in [1.807, 2.05) is 19.2 Å². The highest BCUT2D eigenvalue weighted by atomic mass is 16.4. The van der Waals surface area contributed by atoms with Crippen LogP contribution in [0, 0.1) is 6.92 Å². The first-order valence-electron chi connectivity index (χ1n) is 13.4. The van der Waals surface area contributed by atoms with Crippen molar-refractivity contribution in [2.45, 2.75) is 63.7 Å². The molecule has 0 spiro atoms. The first kappa shape index (κ1) is 23.3. The number of aryl methyl sites for hydroxylation is 1. The zero-order chi connectivity index (χ0) is 24.3. The maximum Gasteiger partial charge on any atom is 0.204 e. The van der Waals surface area contributed by atoms with Crippen LogP contribution in [0.25, 0.3) is 11.0 Å². The average molecular weight is 485 g/mol. The predicted molar refractivity (Wildman–Crippen MR) is 143 cm³/mol. The van der Waals surface area contributed by atoms with Crippen LogP contribution in [0.1, 0.15) is 42.9 Å². The fraction of sp³-hybridized carbons (Fsp3) is 0.448. The second-order valence-corrected chi connectivity index (χ2v) is 10.3. The Hall–Kier alpha value is -3.16. The molecule has 0 bridgehead atoms. The van der Waals surface area contributed by atoms with Gasteiger partial charge in [-0.1, -0.05) is 42.5 Å². The number of aromatic nitrogens is 3. The zero-order valence-electron chi connectivity index (χ0n) is 21.1. The van der Waals surface area contributed by atoms with Gasteiger partial charge in [0.15, 0.2) is 5.89 Å². The van der Waals surface area contributed by atoms with Gasteiger partial charge < -0.3 is 24.5 Å². The van der Waals surface area contributed by atoms with Gasteiger partial charge in [-0.25, -0.2) is 9.97 Å². The number of piperidine rings is 2. The highest BCUT2D eigenvalue weighted by molar-refractivity contribution is 5.78. The van der Waals surface area contributed by atoms with Gasteiger partial charge >= 0.3 is 0 Å². The zero-order valence-corrected chi connectivity index (χ0v) is 21.1. The topological polar surface area (TPSA) is 71.2 Å². The number of hydrogen-bond donors (Lipinski definition) is 2. The van der Waals surface area contributed by atoms with Crippen LogP contribution < -0.4 is 10.6 Å². The van der Waals surface area contributed by atoms with Crippen molar-refractivity contribution < 1.29 is 4.42 Å². The quantitative estimate of drug-likeness (QED) is 0.399. The number of rotatable bonds is 7. The Morgan fingerprint density at radius 1 is 1.03 bits per heavy atom. The minimum Gasteiger partial charge on any atom is -0.444 e. The summed E-state index contributed by atoms with van der Waals surface area (Å²) in [5.74, 6) is 2.47. The minimum absolute atomic E-state index is 0.426. The maximum absolute atomic E-state index is 5.78. The van der Waals surface area contributed by atoms with Gasteiger partial charge in [-0.2, -0.15) is 0 Å². The molecule has 2 saturated heterocycles. The summed E-state index contributed by atoms with van der Waals surface area (Å²) in [5, 5.41) is 7.54. The van der Waals surface area contributed by atoms with Crippen molar-refractivity contribution in [3.63, 3.8) is 0 Å². The molecular weight excluding hydrogens is 448 g/mol. The summed E-state index contributed by atoms with van der Waals surface area (Å²) in [6, 6.07) is 20.9. The third-order valence-corrected chi connectivity index (χ3v) is 7.81. The molecule has 36 heavy (non-hydrogen) atoms. The molecule has 6 rings (SSSR count). The smallest absolute Gasteiger partial charge is 0.204 e. The molecule has 2 aliphatic rings.